The van der Waals surface area contributed by atoms with Gasteiger partial charge in [0, 0.05) is 6.54 Å². The zero-order valence-electron chi connectivity index (χ0n) is 13.0. The zero-order chi connectivity index (χ0) is 14.7. The molecular formula is C16H22Cl2N4O. The molecule has 1 aliphatic rings. The van der Waals surface area contributed by atoms with E-state index in [1.54, 1.807) is 6.20 Å². The lowest BCUT2D eigenvalue weighted by atomic mass is 9.81. The van der Waals surface area contributed by atoms with Crippen molar-refractivity contribution in [3.05, 3.63) is 36.2 Å². The second kappa shape index (κ2) is 8.43. The monoisotopic (exact) mass is 356 g/mol. The minimum absolute atomic E-state index is 0. The van der Waals surface area contributed by atoms with Crippen molar-refractivity contribution in [1.29, 1.82) is 0 Å². The zero-order valence-corrected chi connectivity index (χ0v) is 14.7. The number of fused-ring (bicyclic) bond motifs is 1. The van der Waals surface area contributed by atoms with Gasteiger partial charge in [0.05, 0.1) is 17.2 Å². The number of nitrogens with zero attached hydrogens (tertiary/aromatic N) is 2. The van der Waals surface area contributed by atoms with E-state index in [4.69, 9.17) is 0 Å². The first-order valence-electron chi connectivity index (χ1n) is 7.37. The Hall–Kier alpha value is -1.43. The van der Waals surface area contributed by atoms with E-state index < -0.39 is 0 Å². The summed E-state index contributed by atoms with van der Waals surface area (Å²) in [6.45, 7) is 4.94. The first-order chi connectivity index (χ1) is 10.2. The van der Waals surface area contributed by atoms with Crippen LogP contribution in [0.15, 0.2) is 30.5 Å². The first kappa shape index (κ1) is 19.6. The summed E-state index contributed by atoms with van der Waals surface area (Å²) in [5, 5.41) is 6.35. The molecule has 1 aromatic heterocycles. The number of carbonyl (C=O) groups is 1. The van der Waals surface area contributed by atoms with Crippen molar-refractivity contribution in [2.24, 2.45) is 5.41 Å². The molecule has 1 aliphatic heterocycles. The Morgan fingerprint density at radius 2 is 1.87 bits per heavy atom. The largest absolute Gasteiger partial charge is 0.350 e. The Kier molecular flexibility index (Phi) is 7.19. The summed E-state index contributed by atoms with van der Waals surface area (Å²) >= 11 is 0. The molecule has 1 aromatic carbocycles. The molecule has 0 aliphatic carbocycles. The fourth-order valence-electron chi connectivity index (χ4n) is 2.66. The van der Waals surface area contributed by atoms with Gasteiger partial charge in [0.15, 0.2) is 0 Å². The highest BCUT2D eigenvalue weighted by Gasteiger charge is 2.27. The predicted octanol–water partition coefficient (Wildman–Crippen LogP) is 2.59. The molecule has 1 amide bonds. The Morgan fingerprint density at radius 3 is 2.57 bits per heavy atom. The quantitative estimate of drug-likeness (QED) is 0.886. The smallest absolute Gasteiger partial charge is 0.271 e. The van der Waals surface area contributed by atoms with Crippen LogP contribution in [0.1, 0.15) is 30.3 Å². The molecule has 2 aromatic rings. The van der Waals surface area contributed by atoms with E-state index in [1.165, 1.54) is 0 Å². The van der Waals surface area contributed by atoms with Crippen LogP contribution in [0.3, 0.4) is 0 Å². The van der Waals surface area contributed by atoms with Crippen molar-refractivity contribution in [2.75, 3.05) is 19.6 Å². The summed E-state index contributed by atoms with van der Waals surface area (Å²) < 4.78 is 0. The molecule has 5 nitrogen and oxygen atoms in total. The lowest BCUT2D eigenvalue weighted by Gasteiger charge is -2.34. The minimum atomic E-state index is -0.145. The number of rotatable bonds is 3. The number of hydrogen-bond donors (Lipinski definition) is 2. The third kappa shape index (κ3) is 4.77. The van der Waals surface area contributed by atoms with E-state index in [0.717, 1.165) is 37.0 Å². The van der Waals surface area contributed by atoms with E-state index in [-0.39, 0.29) is 36.1 Å². The molecule has 126 valence electrons. The van der Waals surface area contributed by atoms with Crippen LogP contribution in [0.4, 0.5) is 0 Å². The van der Waals surface area contributed by atoms with Crippen LogP contribution < -0.4 is 10.6 Å². The summed E-state index contributed by atoms with van der Waals surface area (Å²) in [7, 11) is 0. The van der Waals surface area contributed by atoms with Gasteiger partial charge in [-0.05, 0) is 43.5 Å². The molecule has 1 fully saturated rings. The summed E-state index contributed by atoms with van der Waals surface area (Å²) in [5.74, 6) is -0.145. The molecular weight excluding hydrogens is 335 g/mol. The molecule has 0 bridgehead atoms. The molecule has 0 saturated carbocycles. The van der Waals surface area contributed by atoms with Crippen molar-refractivity contribution < 1.29 is 4.79 Å². The topological polar surface area (TPSA) is 66.9 Å². The van der Waals surface area contributed by atoms with Crippen LogP contribution in [0, 0.1) is 5.41 Å². The van der Waals surface area contributed by atoms with Gasteiger partial charge in [0.1, 0.15) is 5.69 Å². The van der Waals surface area contributed by atoms with Crippen molar-refractivity contribution >= 4 is 41.8 Å². The van der Waals surface area contributed by atoms with Crippen molar-refractivity contribution in [2.45, 2.75) is 19.8 Å². The molecule has 0 radical (unpaired) electrons. The fraction of sp³-hybridized carbons (Fsp3) is 0.438. The Bertz CT molecular complexity index is 659. The Balaban J connectivity index is 0.00000132. The lowest BCUT2D eigenvalue weighted by molar-refractivity contribution is 0.0917. The third-order valence-corrected chi connectivity index (χ3v) is 4.17. The van der Waals surface area contributed by atoms with E-state index in [0.29, 0.717) is 12.2 Å². The average Bonchev–Trinajstić information content (AvgIpc) is 2.53. The van der Waals surface area contributed by atoms with Gasteiger partial charge >= 0.3 is 0 Å². The molecule has 7 heteroatoms. The summed E-state index contributed by atoms with van der Waals surface area (Å²) in [5.41, 5.74) is 2.11. The molecule has 2 N–H and O–H groups in total. The number of aromatic nitrogens is 2. The van der Waals surface area contributed by atoms with Gasteiger partial charge in [-0.15, -0.1) is 24.8 Å². The van der Waals surface area contributed by atoms with E-state index in [1.807, 2.05) is 24.3 Å². The summed E-state index contributed by atoms with van der Waals surface area (Å²) in [6.07, 6.45) is 3.70. The predicted molar refractivity (Wildman–Crippen MR) is 96.6 cm³/mol. The maximum absolute atomic E-state index is 12.2. The third-order valence-electron chi connectivity index (χ3n) is 4.17. The van der Waals surface area contributed by atoms with E-state index in [9.17, 15) is 4.79 Å². The summed E-state index contributed by atoms with van der Waals surface area (Å²) in [4.78, 5) is 20.9. The van der Waals surface area contributed by atoms with Gasteiger partial charge < -0.3 is 10.6 Å². The lowest BCUT2D eigenvalue weighted by Crippen LogP contribution is -2.43. The number of hydrogen-bond acceptors (Lipinski definition) is 4. The van der Waals surface area contributed by atoms with Gasteiger partial charge in [-0.2, -0.15) is 0 Å². The van der Waals surface area contributed by atoms with Crippen LogP contribution in [0.5, 0.6) is 0 Å². The number of benzene rings is 1. The number of para-hydroxylation sites is 2. The van der Waals surface area contributed by atoms with E-state index >= 15 is 0 Å². The van der Waals surface area contributed by atoms with Gasteiger partial charge in [-0.3, -0.25) is 9.78 Å². The standard InChI is InChI=1S/C16H20N4O.2ClH/c1-16(6-8-17-9-7-16)11-19-15(21)14-10-18-12-4-2-3-5-13(12)20-14;;/h2-5,10,17H,6-9,11H2,1H3,(H,19,21);2*1H. The Morgan fingerprint density at radius 1 is 1.22 bits per heavy atom. The number of amides is 1. The second-order valence-corrected chi connectivity index (χ2v) is 5.99. The highest BCUT2D eigenvalue weighted by molar-refractivity contribution is 5.93. The molecule has 1 saturated heterocycles. The van der Waals surface area contributed by atoms with Crippen LogP contribution >= 0.6 is 24.8 Å². The van der Waals surface area contributed by atoms with Crippen molar-refractivity contribution in [1.82, 2.24) is 20.6 Å². The number of carbonyl (C=O) groups excluding carboxylic acids is 1. The number of piperidine rings is 1. The van der Waals surface area contributed by atoms with Crippen molar-refractivity contribution in [3.8, 4) is 0 Å². The van der Waals surface area contributed by atoms with Crippen LogP contribution in [-0.4, -0.2) is 35.5 Å². The van der Waals surface area contributed by atoms with Crippen molar-refractivity contribution in [3.63, 3.8) is 0 Å². The van der Waals surface area contributed by atoms with E-state index in [2.05, 4.69) is 27.5 Å². The van der Waals surface area contributed by atoms with Crippen LogP contribution in [-0.2, 0) is 0 Å². The second-order valence-electron chi connectivity index (χ2n) is 5.99. The van der Waals surface area contributed by atoms with Crippen LogP contribution in [0.25, 0.3) is 11.0 Å². The number of nitrogens with one attached hydrogen (secondary N) is 2. The van der Waals surface area contributed by atoms with Gasteiger partial charge in [-0.25, -0.2) is 4.98 Å². The highest BCUT2D eigenvalue weighted by atomic mass is 35.5. The van der Waals surface area contributed by atoms with Crippen LogP contribution in [0.2, 0.25) is 0 Å². The molecule has 3 rings (SSSR count). The first-order valence-corrected chi connectivity index (χ1v) is 7.37. The molecule has 23 heavy (non-hydrogen) atoms. The molecule has 0 spiro atoms. The summed E-state index contributed by atoms with van der Waals surface area (Å²) in [6, 6.07) is 7.57. The maximum Gasteiger partial charge on any atom is 0.271 e. The van der Waals surface area contributed by atoms with Gasteiger partial charge in [0.2, 0.25) is 0 Å². The average molecular weight is 357 g/mol. The number of halogens is 2. The van der Waals surface area contributed by atoms with Gasteiger partial charge in [-0.1, -0.05) is 19.1 Å². The highest BCUT2D eigenvalue weighted by Crippen LogP contribution is 2.26. The fourth-order valence-corrected chi connectivity index (χ4v) is 2.66. The Labute approximate surface area is 148 Å². The van der Waals surface area contributed by atoms with Gasteiger partial charge in [0.25, 0.3) is 5.91 Å². The maximum atomic E-state index is 12.2. The normalized spacial score (nSPS) is 16.0. The molecule has 0 atom stereocenters. The molecule has 0 unspecified atom stereocenters. The minimum Gasteiger partial charge on any atom is -0.350 e. The molecule has 2 heterocycles. The SMILES string of the molecule is CC1(CNC(=O)c2cnc3ccccc3n2)CCNCC1.Cl.Cl.